The first-order valence-corrected chi connectivity index (χ1v) is 7.44. The van der Waals surface area contributed by atoms with Gasteiger partial charge in [-0.1, -0.05) is 42.8 Å². The summed E-state index contributed by atoms with van der Waals surface area (Å²) in [6.07, 6.45) is 2.88. The van der Waals surface area contributed by atoms with Crippen LogP contribution in [0.3, 0.4) is 0 Å². The van der Waals surface area contributed by atoms with Crippen LogP contribution in [0.15, 0.2) is 60.8 Å². The highest BCUT2D eigenvalue weighted by atomic mass is 14.9. The van der Waals surface area contributed by atoms with Gasteiger partial charge in [0.1, 0.15) is 0 Å². The quantitative estimate of drug-likeness (QED) is 0.716. The van der Waals surface area contributed by atoms with Crippen LogP contribution in [0.4, 0.5) is 5.69 Å². The van der Waals surface area contributed by atoms with Crippen molar-refractivity contribution in [3.05, 3.63) is 71.9 Å². The number of nitrogens with zero attached hydrogens (tertiary/aromatic N) is 1. The Balaban J connectivity index is 1.86. The van der Waals surface area contributed by atoms with Crippen molar-refractivity contribution >= 4 is 16.6 Å². The van der Waals surface area contributed by atoms with Crippen LogP contribution in [-0.4, -0.2) is 4.98 Å². The topological polar surface area (TPSA) is 24.9 Å². The van der Waals surface area contributed by atoms with Gasteiger partial charge in [-0.15, -0.1) is 0 Å². The van der Waals surface area contributed by atoms with E-state index in [1.54, 1.807) is 0 Å². The van der Waals surface area contributed by atoms with Gasteiger partial charge in [-0.2, -0.15) is 0 Å². The molecule has 3 rings (SSSR count). The highest BCUT2D eigenvalue weighted by Crippen LogP contribution is 2.25. The van der Waals surface area contributed by atoms with E-state index in [0.717, 1.165) is 17.6 Å². The predicted molar refractivity (Wildman–Crippen MR) is 89.6 cm³/mol. The van der Waals surface area contributed by atoms with Crippen LogP contribution in [0.25, 0.3) is 10.9 Å². The number of hydrogen-bond donors (Lipinski definition) is 1. The smallest absolute Gasteiger partial charge is 0.0703 e. The molecule has 0 fully saturated rings. The molecule has 0 amide bonds. The third-order valence-corrected chi connectivity index (χ3v) is 3.83. The largest absolute Gasteiger partial charge is 0.378 e. The molecule has 0 spiro atoms. The average molecular weight is 276 g/mol. The van der Waals surface area contributed by atoms with Crippen molar-refractivity contribution in [1.29, 1.82) is 0 Å². The molecule has 0 radical (unpaired) electrons. The number of anilines is 1. The first kappa shape index (κ1) is 13.6. The Bertz CT molecular complexity index is 732. The summed E-state index contributed by atoms with van der Waals surface area (Å²) in [6.45, 7) is 4.33. The molecule has 1 N–H and O–H groups in total. The molecule has 2 aromatic carbocycles. The minimum Gasteiger partial charge on any atom is -0.378 e. The zero-order valence-electron chi connectivity index (χ0n) is 12.5. The number of benzene rings is 2. The summed E-state index contributed by atoms with van der Waals surface area (Å²) in [7, 11) is 0. The number of fused-ring (bicyclic) bond motifs is 1. The Morgan fingerprint density at radius 3 is 2.62 bits per heavy atom. The molecule has 1 aromatic heterocycles. The second-order valence-corrected chi connectivity index (χ2v) is 5.43. The molecule has 0 saturated heterocycles. The third kappa shape index (κ3) is 3.05. The van der Waals surface area contributed by atoms with Gasteiger partial charge < -0.3 is 5.32 Å². The molecule has 0 aliphatic carbocycles. The van der Waals surface area contributed by atoms with Crippen molar-refractivity contribution < 1.29 is 0 Å². The lowest BCUT2D eigenvalue weighted by molar-refractivity contribution is 0.749. The van der Waals surface area contributed by atoms with E-state index in [0.29, 0.717) is 6.04 Å². The summed E-state index contributed by atoms with van der Waals surface area (Å²) in [5.74, 6) is 0. The monoisotopic (exact) mass is 276 g/mol. The maximum absolute atomic E-state index is 4.36. The fourth-order valence-electron chi connectivity index (χ4n) is 2.59. The molecule has 1 heterocycles. The molecule has 0 saturated carbocycles. The Labute approximate surface area is 125 Å². The first-order chi connectivity index (χ1) is 10.3. The summed E-state index contributed by atoms with van der Waals surface area (Å²) in [5.41, 5.74) is 4.80. The van der Waals surface area contributed by atoms with Gasteiger partial charge in [0.15, 0.2) is 0 Å². The van der Waals surface area contributed by atoms with Crippen LogP contribution in [0.1, 0.15) is 30.5 Å². The molecular weight excluding hydrogens is 256 g/mol. The second kappa shape index (κ2) is 5.96. The van der Waals surface area contributed by atoms with Crippen LogP contribution in [0.2, 0.25) is 0 Å². The minimum absolute atomic E-state index is 0.333. The van der Waals surface area contributed by atoms with Crippen molar-refractivity contribution in [3.63, 3.8) is 0 Å². The zero-order valence-corrected chi connectivity index (χ0v) is 12.5. The summed E-state index contributed by atoms with van der Waals surface area (Å²) >= 11 is 0. The fraction of sp³-hybridized carbons (Fsp3) is 0.211. The van der Waals surface area contributed by atoms with Crippen LogP contribution in [0.5, 0.6) is 0 Å². The number of aromatic nitrogens is 1. The lowest BCUT2D eigenvalue weighted by Crippen LogP contribution is -2.09. The van der Waals surface area contributed by atoms with Crippen LogP contribution < -0.4 is 5.32 Å². The van der Waals surface area contributed by atoms with Gasteiger partial charge in [-0.25, -0.2) is 0 Å². The Morgan fingerprint density at radius 2 is 1.86 bits per heavy atom. The number of hydrogen-bond acceptors (Lipinski definition) is 2. The molecule has 0 aliphatic heterocycles. The van der Waals surface area contributed by atoms with Gasteiger partial charge in [-0.3, -0.25) is 4.98 Å². The van der Waals surface area contributed by atoms with Crippen LogP contribution in [0, 0.1) is 6.92 Å². The first-order valence-electron chi connectivity index (χ1n) is 7.44. The van der Waals surface area contributed by atoms with Crippen molar-refractivity contribution in [2.75, 3.05) is 5.32 Å². The van der Waals surface area contributed by atoms with Crippen molar-refractivity contribution in [3.8, 4) is 0 Å². The number of aryl methyl sites for hydroxylation is 1. The molecule has 2 nitrogen and oxygen atoms in total. The van der Waals surface area contributed by atoms with Crippen molar-refractivity contribution in [2.45, 2.75) is 26.3 Å². The molecule has 106 valence electrons. The molecule has 3 aromatic rings. The number of nitrogens with one attached hydrogen (secondary N) is 1. The highest BCUT2D eigenvalue weighted by Gasteiger charge is 2.09. The Kier molecular flexibility index (Phi) is 3.87. The average Bonchev–Trinajstić information content (AvgIpc) is 2.53. The third-order valence-electron chi connectivity index (χ3n) is 3.83. The molecule has 21 heavy (non-hydrogen) atoms. The number of pyridine rings is 1. The summed E-state index contributed by atoms with van der Waals surface area (Å²) < 4.78 is 0. The number of rotatable bonds is 4. The summed E-state index contributed by atoms with van der Waals surface area (Å²) in [6, 6.07) is 19.5. The molecule has 1 unspecified atom stereocenters. The van der Waals surface area contributed by atoms with E-state index >= 15 is 0 Å². The van der Waals surface area contributed by atoms with Gasteiger partial charge in [0.05, 0.1) is 11.6 Å². The van der Waals surface area contributed by atoms with Crippen LogP contribution in [-0.2, 0) is 0 Å². The van der Waals surface area contributed by atoms with E-state index < -0.39 is 0 Å². The van der Waals surface area contributed by atoms with Gasteiger partial charge in [-0.05, 0) is 43.2 Å². The van der Waals surface area contributed by atoms with Crippen LogP contribution >= 0.6 is 0 Å². The SMILES string of the molecule is CCC(Nc1ccc2ncccc2c1)c1ccc(C)cc1. The van der Waals surface area contributed by atoms with Gasteiger partial charge in [0.2, 0.25) is 0 Å². The maximum Gasteiger partial charge on any atom is 0.0703 e. The minimum atomic E-state index is 0.333. The van der Waals surface area contributed by atoms with Crippen molar-refractivity contribution in [2.24, 2.45) is 0 Å². The normalized spacial score (nSPS) is 12.3. The van der Waals surface area contributed by atoms with Gasteiger partial charge >= 0.3 is 0 Å². The Hall–Kier alpha value is -2.35. The van der Waals surface area contributed by atoms with Gasteiger partial charge in [0, 0.05) is 17.3 Å². The zero-order chi connectivity index (χ0) is 14.7. The fourth-order valence-corrected chi connectivity index (χ4v) is 2.59. The Morgan fingerprint density at radius 1 is 1.05 bits per heavy atom. The lowest BCUT2D eigenvalue weighted by Gasteiger charge is -2.19. The lowest BCUT2D eigenvalue weighted by atomic mass is 10.0. The highest BCUT2D eigenvalue weighted by molar-refractivity contribution is 5.82. The standard InChI is InChI=1S/C19H20N2/c1-3-18(15-8-6-14(2)7-9-15)21-17-10-11-19-16(13-17)5-4-12-20-19/h4-13,18,21H,3H2,1-2H3. The maximum atomic E-state index is 4.36. The van der Waals surface area contributed by atoms with Crippen molar-refractivity contribution in [1.82, 2.24) is 4.98 Å². The van der Waals surface area contributed by atoms with E-state index in [-0.39, 0.29) is 0 Å². The van der Waals surface area contributed by atoms with E-state index in [4.69, 9.17) is 0 Å². The molecule has 1 atom stereocenters. The van der Waals surface area contributed by atoms with E-state index in [2.05, 4.69) is 72.7 Å². The predicted octanol–water partition coefficient (Wildman–Crippen LogP) is 5.11. The summed E-state index contributed by atoms with van der Waals surface area (Å²) in [5, 5.41) is 4.80. The summed E-state index contributed by atoms with van der Waals surface area (Å²) in [4.78, 5) is 4.36. The van der Waals surface area contributed by atoms with E-state index in [1.807, 2.05) is 12.3 Å². The molecular formula is C19H20N2. The van der Waals surface area contributed by atoms with Gasteiger partial charge in [0.25, 0.3) is 0 Å². The van der Waals surface area contributed by atoms with E-state index in [1.165, 1.54) is 16.5 Å². The molecule has 0 bridgehead atoms. The second-order valence-electron chi connectivity index (χ2n) is 5.43. The molecule has 2 heteroatoms. The molecule has 0 aliphatic rings. The van der Waals surface area contributed by atoms with E-state index in [9.17, 15) is 0 Å².